The number of piperidine rings is 1. The summed E-state index contributed by atoms with van der Waals surface area (Å²) in [5.74, 6) is 0.743. The molecular weight excluding hydrogens is 220 g/mol. The summed E-state index contributed by atoms with van der Waals surface area (Å²) in [6.45, 7) is 4.68. The molecule has 1 aromatic carbocycles. The Bertz CT molecular complexity index is 402. The van der Waals surface area contributed by atoms with Crippen molar-refractivity contribution < 1.29 is 0 Å². The summed E-state index contributed by atoms with van der Waals surface area (Å²) in [5.41, 5.74) is 3.11. The zero-order chi connectivity index (χ0) is 12.4. The summed E-state index contributed by atoms with van der Waals surface area (Å²) >= 11 is 0. The smallest absolute Gasteiger partial charge is 0.0325 e. The molecular formula is C16H24N2. The summed E-state index contributed by atoms with van der Waals surface area (Å²) < 4.78 is 0. The third kappa shape index (κ3) is 2.45. The minimum Gasteiger partial charge on any atom is -0.316 e. The van der Waals surface area contributed by atoms with E-state index in [2.05, 4.69) is 41.8 Å². The lowest BCUT2D eigenvalue weighted by atomic mass is 9.85. The fourth-order valence-corrected chi connectivity index (χ4v) is 3.45. The van der Waals surface area contributed by atoms with Crippen molar-refractivity contribution in [2.24, 2.45) is 5.92 Å². The van der Waals surface area contributed by atoms with Gasteiger partial charge in [-0.1, -0.05) is 31.2 Å². The molecule has 1 saturated heterocycles. The van der Waals surface area contributed by atoms with E-state index >= 15 is 0 Å². The van der Waals surface area contributed by atoms with Crippen molar-refractivity contribution in [2.75, 3.05) is 13.1 Å². The van der Waals surface area contributed by atoms with Crippen molar-refractivity contribution in [1.29, 1.82) is 0 Å². The molecule has 1 aromatic rings. The van der Waals surface area contributed by atoms with Crippen LogP contribution in [0.4, 0.5) is 0 Å². The molecule has 1 fully saturated rings. The lowest BCUT2D eigenvalue weighted by Gasteiger charge is -2.36. The molecule has 3 rings (SSSR count). The van der Waals surface area contributed by atoms with E-state index in [1.165, 1.54) is 25.7 Å². The lowest BCUT2D eigenvalue weighted by Crippen LogP contribution is -2.47. The Morgan fingerprint density at radius 1 is 1.22 bits per heavy atom. The number of hydrogen-bond donors (Lipinski definition) is 2. The van der Waals surface area contributed by atoms with Gasteiger partial charge in [0.25, 0.3) is 0 Å². The van der Waals surface area contributed by atoms with Gasteiger partial charge in [0.2, 0.25) is 0 Å². The van der Waals surface area contributed by atoms with Crippen LogP contribution < -0.4 is 10.6 Å². The maximum Gasteiger partial charge on any atom is 0.0325 e. The molecule has 2 nitrogen and oxygen atoms in total. The van der Waals surface area contributed by atoms with Gasteiger partial charge >= 0.3 is 0 Å². The van der Waals surface area contributed by atoms with Gasteiger partial charge < -0.3 is 10.6 Å². The van der Waals surface area contributed by atoms with E-state index in [1.54, 1.807) is 11.1 Å². The van der Waals surface area contributed by atoms with Crippen LogP contribution >= 0.6 is 0 Å². The number of nitrogens with one attached hydrogen (secondary N) is 2. The number of rotatable bonds is 2. The number of benzene rings is 1. The van der Waals surface area contributed by atoms with E-state index in [1.807, 2.05) is 0 Å². The third-order valence-corrected chi connectivity index (χ3v) is 4.57. The van der Waals surface area contributed by atoms with Crippen molar-refractivity contribution >= 4 is 0 Å². The standard InChI is InChI=1S/C16H24N2/c1-12-11-17-10-9-15(12)18-16-8-4-6-13-5-2-3-7-14(13)16/h2-3,5,7,12,15-18H,4,6,8-11H2,1H3. The van der Waals surface area contributed by atoms with Gasteiger partial charge in [-0.25, -0.2) is 0 Å². The average Bonchev–Trinajstić information content (AvgIpc) is 2.42. The molecule has 3 unspecified atom stereocenters. The van der Waals surface area contributed by atoms with E-state index in [4.69, 9.17) is 0 Å². The lowest BCUT2D eigenvalue weighted by molar-refractivity contribution is 0.263. The fourth-order valence-electron chi connectivity index (χ4n) is 3.45. The quantitative estimate of drug-likeness (QED) is 0.836. The van der Waals surface area contributed by atoms with Crippen molar-refractivity contribution in [1.82, 2.24) is 10.6 Å². The van der Waals surface area contributed by atoms with Crippen molar-refractivity contribution in [3.05, 3.63) is 35.4 Å². The second kappa shape index (κ2) is 5.41. The molecule has 1 heterocycles. The van der Waals surface area contributed by atoms with Crippen LogP contribution in [0.3, 0.4) is 0 Å². The second-order valence-corrected chi connectivity index (χ2v) is 5.89. The summed E-state index contributed by atoms with van der Waals surface area (Å²) in [6.07, 6.45) is 5.15. The number of hydrogen-bond acceptors (Lipinski definition) is 2. The van der Waals surface area contributed by atoms with Gasteiger partial charge in [-0.05, 0) is 55.8 Å². The molecule has 0 saturated carbocycles. The Kier molecular flexibility index (Phi) is 3.67. The first kappa shape index (κ1) is 12.2. The molecule has 2 N–H and O–H groups in total. The molecule has 2 heteroatoms. The molecule has 0 radical (unpaired) electrons. The van der Waals surface area contributed by atoms with Gasteiger partial charge in [-0.15, -0.1) is 0 Å². The zero-order valence-corrected chi connectivity index (χ0v) is 11.3. The van der Waals surface area contributed by atoms with Gasteiger partial charge in [0.1, 0.15) is 0 Å². The summed E-state index contributed by atoms with van der Waals surface area (Å²) in [5, 5.41) is 7.40. The minimum absolute atomic E-state index is 0.584. The van der Waals surface area contributed by atoms with Crippen LogP contribution in [-0.2, 0) is 6.42 Å². The number of aryl methyl sites for hydroxylation is 1. The highest BCUT2D eigenvalue weighted by Gasteiger charge is 2.26. The van der Waals surface area contributed by atoms with Crippen LogP contribution in [0.15, 0.2) is 24.3 Å². The summed E-state index contributed by atoms with van der Waals surface area (Å²) in [7, 11) is 0. The highest BCUT2D eigenvalue weighted by Crippen LogP contribution is 2.30. The molecule has 0 amide bonds. The zero-order valence-electron chi connectivity index (χ0n) is 11.3. The van der Waals surface area contributed by atoms with Crippen LogP contribution in [0, 0.1) is 5.92 Å². The minimum atomic E-state index is 0.584. The van der Waals surface area contributed by atoms with Gasteiger partial charge in [-0.3, -0.25) is 0 Å². The second-order valence-electron chi connectivity index (χ2n) is 5.89. The van der Waals surface area contributed by atoms with Gasteiger partial charge in [0, 0.05) is 12.1 Å². The molecule has 1 aliphatic heterocycles. The van der Waals surface area contributed by atoms with E-state index in [-0.39, 0.29) is 0 Å². The highest BCUT2D eigenvalue weighted by molar-refractivity contribution is 5.32. The van der Waals surface area contributed by atoms with Crippen LogP contribution in [0.25, 0.3) is 0 Å². The molecule has 0 spiro atoms. The molecule has 1 aliphatic carbocycles. The highest BCUT2D eigenvalue weighted by atomic mass is 15.0. The first-order valence-corrected chi connectivity index (χ1v) is 7.39. The summed E-state index contributed by atoms with van der Waals surface area (Å²) in [6, 6.07) is 10.2. The average molecular weight is 244 g/mol. The molecule has 0 aromatic heterocycles. The van der Waals surface area contributed by atoms with E-state index in [9.17, 15) is 0 Å². The predicted octanol–water partition coefficient (Wildman–Crippen LogP) is 2.65. The Labute approximate surface area is 110 Å². The SMILES string of the molecule is CC1CNCCC1NC1CCCc2ccccc21. The van der Waals surface area contributed by atoms with Crippen molar-refractivity contribution in [2.45, 2.75) is 44.7 Å². The fraction of sp³-hybridized carbons (Fsp3) is 0.625. The normalized spacial score (nSPS) is 31.9. The topological polar surface area (TPSA) is 24.1 Å². The van der Waals surface area contributed by atoms with Gasteiger partial charge in [0.15, 0.2) is 0 Å². The maximum absolute atomic E-state index is 3.92. The summed E-state index contributed by atoms with van der Waals surface area (Å²) in [4.78, 5) is 0. The molecule has 2 aliphatic rings. The Hall–Kier alpha value is -0.860. The molecule has 18 heavy (non-hydrogen) atoms. The van der Waals surface area contributed by atoms with Crippen molar-refractivity contribution in [3.63, 3.8) is 0 Å². The first-order chi connectivity index (χ1) is 8.84. The van der Waals surface area contributed by atoms with E-state index in [0.717, 1.165) is 19.0 Å². The van der Waals surface area contributed by atoms with E-state index in [0.29, 0.717) is 12.1 Å². The molecule has 3 atom stereocenters. The van der Waals surface area contributed by atoms with Crippen molar-refractivity contribution in [3.8, 4) is 0 Å². The van der Waals surface area contributed by atoms with E-state index < -0.39 is 0 Å². The molecule has 0 bridgehead atoms. The van der Waals surface area contributed by atoms with Crippen LogP contribution in [0.2, 0.25) is 0 Å². The molecule has 98 valence electrons. The Morgan fingerprint density at radius 2 is 2.11 bits per heavy atom. The Balaban J connectivity index is 1.73. The van der Waals surface area contributed by atoms with Gasteiger partial charge in [-0.2, -0.15) is 0 Å². The number of fused-ring (bicyclic) bond motifs is 1. The van der Waals surface area contributed by atoms with Crippen LogP contribution in [-0.4, -0.2) is 19.1 Å². The van der Waals surface area contributed by atoms with Gasteiger partial charge in [0.05, 0.1) is 0 Å². The van der Waals surface area contributed by atoms with Crippen LogP contribution in [0.1, 0.15) is 43.4 Å². The monoisotopic (exact) mass is 244 g/mol. The maximum atomic E-state index is 3.92. The predicted molar refractivity (Wildman–Crippen MR) is 75.7 cm³/mol. The third-order valence-electron chi connectivity index (χ3n) is 4.57. The Morgan fingerprint density at radius 3 is 3.00 bits per heavy atom. The first-order valence-electron chi connectivity index (χ1n) is 7.39. The largest absolute Gasteiger partial charge is 0.316 e. The van der Waals surface area contributed by atoms with Crippen LogP contribution in [0.5, 0.6) is 0 Å².